The lowest BCUT2D eigenvalue weighted by Crippen LogP contribution is -2.27. The lowest BCUT2D eigenvalue weighted by atomic mass is 9.85. The van der Waals surface area contributed by atoms with Crippen molar-refractivity contribution in [2.45, 2.75) is 59.2 Å². The van der Waals surface area contributed by atoms with Crippen molar-refractivity contribution in [2.24, 2.45) is 7.05 Å². The minimum absolute atomic E-state index is 0.0627. The van der Waals surface area contributed by atoms with E-state index in [0.29, 0.717) is 34.0 Å². The molecule has 0 radical (unpaired) electrons. The number of ether oxygens (including phenoxy) is 2. The SMILES string of the molecule is CC(=O)OCc1c(NC(=O)c2c(F)cc(C(C)(C)C)cc2C=N)cccc1-c1cc(Nc2ccc(OCC(C)(C)O)cn2)c(=O)n(C)n1. The van der Waals surface area contributed by atoms with Gasteiger partial charge in [-0.3, -0.25) is 14.4 Å². The van der Waals surface area contributed by atoms with E-state index >= 15 is 4.39 Å². The maximum atomic E-state index is 15.4. The van der Waals surface area contributed by atoms with E-state index in [9.17, 15) is 19.5 Å². The van der Waals surface area contributed by atoms with Crippen molar-refractivity contribution in [3.8, 4) is 17.0 Å². The first-order chi connectivity index (χ1) is 22.5. The summed E-state index contributed by atoms with van der Waals surface area (Å²) in [6.07, 6.45) is 2.38. The largest absolute Gasteiger partial charge is 0.489 e. The molecular formula is C35H39FN6O6. The van der Waals surface area contributed by atoms with Gasteiger partial charge in [-0.15, -0.1) is 0 Å². The molecule has 0 bridgehead atoms. The zero-order valence-corrected chi connectivity index (χ0v) is 27.9. The fraction of sp³-hybridized carbons (Fsp3) is 0.314. The zero-order valence-electron chi connectivity index (χ0n) is 27.9. The molecule has 13 heteroatoms. The van der Waals surface area contributed by atoms with Gasteiger partial charge in [-0.2, -0.15) is 5.10 Å². The average Bonchev–Trinajstić information content (AvgIpc) is 3.00. The van der Waals surface area contributed by atoms with Gasteiger partial charge in [-0.25, -0.2) is 14.1 Å². The van der Waals surface area contributed by atoms with Crippen LogP contribution in [0, 0.1) is 11.2 Å². The summed E-state index contributed by atoms with van der Waals surface area (Å²) in [4.78, 5) is 42.7. The van der Waals surface area contributed by atoms with Crippen molar-refractivity contribution in [1.29, 1.82) is 5.41 Å². The lowest BCUT2D eigenvalue weighted by Gasteiger charge is -2.21. The second-order valence-corrected chi connectivity index (χ2v) is 12.9. The van der Waals surface area contributed by atoms with Crippen LogP contribution in [0.4, 0.5) is 21.6 Å². The van der Waals surface area contributed by atoms with Crippen LogP contribution in [-0.2, 0) is 28.6 Å². The van der Waals surface area contributed by atoms with Crippen molar-refractivity contribution < 1.29 is 28.6 Å². The molecular weight excluding hydrogens is 619 g/mol. The van der Waals surface area contributed by atoms with Crippen LogP contribution in [-0.4, -0.2) is 50.2 Å². The van der Waals surface area contributed by atoms with Crippen LogP contribution in [0.15, 0.2) is 59.5 Å². The number of halogens is 1. The minimum Gasteiger partial charge on any atom is -0.489 e. The zero-order chi connectivity index (χ0) is 35.4. The normalized spacial score (nSPS) is 11.5. The molecule has 1 amide bonds. The lowest BCUT2D eigenvalue weighted by molar-refractivity contribution is -0.142. The summed E-state index contributed by atoms with van der Waals surface area (Å²) in [5.74, 6) is -1.39. The second-order valence-electron chi connectivity index (χ2n) is 12.9. The molecule has 2 heterocycles. The van der Waals surface area contributed by atoms with Crippen LogP contribution < -0.4 is 20.9 Å². The average molecular weight is 659 g/mol. The number of aryl methyl sites for hydroxylation is 1. The molecule has 0 saturated carbocycles. The van der Waals surface area contributed by atoms with E-state index in [1.807, 2.05) is 20.8 Å². The number of carbonyl (C=O) groups is 2. The second kappa shape index (κ2) is 14.1. The van der Waals surface area contributed by atoms with Gasteiger partial charge in [0.15, 0.2) is 0 Å². The van der Waals surface area contributed by atoms with Crippen LogP contribution >= 0.6 is 0 Å². The number of aliphatic hydroxyl groups is 1. The Balaban J connectivity index is 1.72. The van der Waals surface area contributed by atoms with E-state index in [-0.39, 0.29) is 35.7 Å². The molecule has 0 aliphatic heterocycles. The van der Waals surface area contributed by atoms with Gasteiger partial charge in [0.25, 0.3) is 11.5 Å². The highest BCUT2D eigenvalue weighted by Crippen LogP contribution is 2.32. The van der Waals surface area contributed by atoms with Crippen molar-refractivity contribution in [3.63, 3.8) is 0 Å². The van der Waals surface area contributed by atoms with E-state index in [0.717, 1.165) is 10.9 Å². The molecule has 252 valence electrons. The first kappa shape index (κ1) is 35.4. The van der Waals surface area contributed by atoms with E-state index in [1.54, 1.807) is 50.2 Å². The molecule has 48 heavy (non-hydrogen) atoms. The fourth-order valence-electron chi connectivity index (χ4n) is 4.64. The van der Waals surface area contributed by atoms with Crippen molar-refractivity contribution >= 4 is 35.3 Å². The standard InChI is InChI=1S/C35H39FN6O6/c1-20(43)47-18-25-24(9-8-10-27(25)40-32(44)31-21(16-37)13-22(14-26(31)36)34(2,3)4)28-15-29(33(45)42(7)41-28)39-30-12-11-23(17-38-30)48-19-35(5,6)46/h8-17,37,46H,18-19H2,1-7H3,(H,38,39)(H,40,44). The smallest absolute Gasteiger partial charge is 0.302 e. The monoisotopic (exact) mass is 658 g/mol. The van der Waals surface area contributed by atoms with E-state index in [1.165, 1.54) is 32.3 Å². The summed E-state index contributed by atoms with van der Waals surface area (Å²) in [7, 11) is 1.47. The summed E-state index contributed by atoms with van der Waals surface area (Å²) < 4.78 is 27.4. The van der Waals surface area contributed by atoms with Crippen LogP contribution in [0.2, 0.25) is 0 Å². The highest BCUT2D eigenvalue weighted by molar-refractivity contribution is 6.10. The Labute approximate surface area is 277 Å². The topological polar surface area (TPSA) is 169 Å². The number of hydrogen-bond acceptors (Lipinski definition) is 10. The molecule has 2 aromatic heterocycles. The van der Waals surface area contributed by atoms with Crippen molar-refractivity contribution in [2.75, 3.05) is 17.2 Å². The van der Waals surface area contributed by atoms with E-state index < -0.39 is 34.3 Å². The van der Waals surface area contributed by atoms with Crippen LogP contribution in [0.5, 0.6) is 5.75 Å². The summed E-state index contributed by atoms with van der Waals surface area (Å²) in [5.41, 5.74) is -0.0710. The molecule has 0 spiro atoms. The number of anilines is 3. The number of pyridine rings is 1. The predicted molar refractivity (Wildman–Crippen MR) is 181 cm³/mol. The maximum absolute atomic E-state index is 15.4. The van der Waals surface area contributed by atoms with Gasteiger partial charge in [0, 0.05) is 42.6 Å². The highest BCUT2D eigenvalue weighted by Gasteiger charge is 2.24. The number of benzene rings is 2. The molecule has 0 unspecified atom stereocenters. The van der Waals surface area contributed by atoms with Gasteiger partial charge < -0.3 is 30.6 Å². The first-order valence-electron chi connectivity index (χ1n) is 15.0. The molecule has 0 aliphatic rings. The molecule has 4 aromatic rings. The number of hydrogen-bond donors (Lipinski definition) is 4. The van der Waals surface area contributed by atoms with Crippen molar-refractivity contribution in [3.05, 3.63) is 93.2 Å². The predicted octanol–water partition coefficient (Wildman–Crippen LogP) is 5.49. The Morgan fingerprint density at radius 3 is 2.42 bits per heavy atom. The number of nitrogens with one attached hydrogen (secondary N) is 3. The number of nitrogens with zero attached hydrogens (tertiary/aromatic N) is 3. The fourth-order valence-corrected chi connectivity index (χ4v) is 4.64. The molecule has 0 fully saturated rings. The van der Waals surface area contributed by atoms with Gasteiger partial charge in [0.2, 0.25) is 0 Å². The first-order valence-corrected chi connectivity index (χ1v) is 15.0. The van der Waals surface area contributed by atoms with Crippen molar-refractivity contribution in [1.82, 2.24) is 14.8 Å². The van der Waals surface area contributed by atoms with Gasteiger partial charge >= 0.3 is 5.97 Å². The Bertz CT molecular complexity index is 1910. The third kappa shape index (κ3) is 8.68. The molecule has 0 aliphatic carbocycles. The number of esters is 1. The third-order valence-electron chi connectivity index (χ3n) is 7.14. The Kier molecular flexibility index (Phi) is 10.4. The molecule has 12 nitrogen and oxygen atoms in total. The van der Waals surface area contributed by atoms with E-state index in [4.69, 9.17) is 14.9 Å². The molecule has 2 aromatic carbocycles. The van der Waals surface area contributed by atoms with E-state index in [2.05, 4.69) is 20.7 Å². The number of amides is 1. The Morgan fingerprint density at radius 2 is 1.81 bits per heavy atom. The quantitative estimate of drug-likeness (QED) is 0.120. The number of carbonyl (C=O) groups excluding carboxylic acids is 2. The highest BCUT2D eigenvalue weighted by atomic mass is 19.1. The summed E-state index contributed by atoms with van der Waals surface area (Å²) in [6.45, 7) is 9.97. The van der Waals surface area contributed by atoms with Gasteiger partial charge in [0.05, 0.1) is 23.1 Å². The Morgan fingerprint density at radius 1 is 1.08 bits per heavy atom. The maximum Gasteiger partial charge on any atom is 0.302 e. The number of rotatable bonds is 11. The summed E-state index contributed by atoms with van der Waals surface area (Å²) in [6, 6.07) is 12.5. The molecule has 0 saturated heterocycles. The molecule has 4 N–H and O–H groups in total. The van der Waals surface area contributed by atoms with Gasteiger partial charge in [-0.1, -0.05) is 32.9 Å². The van der Waals surface area contributed by atoms with Crippen LogP contribution in [0.1, 0.15) is 68.6 Å². The van der Waals surface area contributed by atoms with Gasteiger partial charge in [0.1, 0.15) is 36.3 Å². The minimum atomic E-state index is -1.03. The van der Waals surface area contributed by atoms with Crippen LogP contribution in [0.3, 0.4) is 0 Å². The summed E-state index contributed by atoms with van der Waals surface area (Å²) >= 11 is 0. The third-order valence-corrected chi connectivity index (χ3v) is 7.14. The molecule has 0 atom stereocenters. The number of aromatic nitrogens is 3. The summed E-state index contributed by atoms with van der Waals surface area (Å²) in [5, 5.41) is 27.9. The van der Waals surface area contributed by atoms with Crippen LogP contribution in [0.25, 0.3) is 11.3 Å². The molecule has 4 rings (SSSR count). The Hall–Kier alpha value is -5.43. The van der Waals surface area contributed by atoms with Gasteiger partial charge in [-0.05, 0) is 61.2 Å².